The van der Waals surface area contributed by atoms with Crippen LogP contribution < -0.4 is 5.32 Å². The second kappa shape index (κ2) is 6.87. The van der Waals surface area contributed by atoms with Crippen molar-refractivity contribution in [3.05, 3.63) is 52.8 Å². The van der Waals surface area contributed by atoms with Crippen molar-refractivity contribution >= 4 is 17.5 Å². The van der Waals surface area contributed by atoms with Gasteiger partial charge in [-0.25, -0.2) is 9.97 Å². The predicted octanol–water partition coefficient (Wildman–Crippen LogP) is 3.31. The van der Waals surface area contributed by atoms with E-state index < -0.39 is 0 Å². The molecule has 0 amide bonds. The molecule has 1 atom stereocenters. The third-order valence-corrected chi connectivity index (χ3v) is 3.94. The van der Waals surface area contributed by atoms with Crippen molar-refractivity contribution in [1.82, 2.24) is 9.97 Å². The number of nitrogens with one attached hydrogen (secondary N) is 1. The van der Waals surface area contributed by atoms with E-state index >= 15 is 0 Å². The Balaban J connectivity index is 1.57. The molecule has 3 rings (SSSR count). The molecule has 1 saturated heterocycles. The molecule has 5 heteroatoms. The van der Waals surface area contributed by atoms with E-state index in [2.05, 4.69) is 15.3 Å². The van der Waals surface area contributed by atoms with Gasteiger partial charge in [0.05, 0.1) is 6.10 Å². The van der Waals surface area contributed by atoms with Gasteiger partial charge >= 0.3 is 0 Å². The summed E-state index contributed by atoms with van der Waals surface area (Å²) in [6.07, 6.45) is 6.96. The maximum atomic E-state index is 6.16. The second-order valence-electron chi connectivity index (χ2n) is 5.20. The zero-order valence-corrected chi connectivity index (χ0v) is 12.5. The van der Waals surface area contributed by atoms with Crippen molar-refractivity contribution < 1.29 is 4.74 Å². The van der Waals surface area contributed by atoms with Crippen molar-refractivity contribution in [3.8, 4) is 0 Å². The summed E-state index contributed by atoms with van der Waals surface area (Å²) in [4.78, 5) is 8.69. The molecule has 110 valence electrons. The lowest BCUT2D eigenvalue weighted by molar-refractivity contribution is 0.120. The maximum absolute atomic E-state index is 6.16. The van der Waals surface area contributed by atoms with Crippen LogP contribution in [0.25, 0.3) is 0 Å². The van der Waals surface area contributed by atoms with E-state index in [4.69, 9.17) is 16.3 Å². The lowest BCUT2D eigenvalue weighted by atomic mass is 10.1. The van der Waals surface area contributed by atoms with Gasteiger partial charge < -0.3 is 10.1 Å². The summed E-state index contributed by atoms with van der Waals surface area (Å²) in [7, 11) is 0. The first kappa shape index (κ1) is 14.3. The van der Waals surface area contributed by atoms with Gasteiger partial charge in [0.25, 0.3) is 0 Å². The normalized spacial score (nSPS) is 17.9. The van der Waals surface area contributed by atoms with Crippen molar-refractivity contribution in [2.75, 3.05) is 18.5 Å². The maximum Gasteiger partial charge on any atom is 0.222 e. The molecule has 4 nitrogen and oxygen atoms in total. The van der Waals surface area contributed by atoms with E-state index in [1.54, 1.807) is 0 Å². The van der Waals surface area contributed by atoms with E-state index in [0.29, 0.717) is 5.95 Å². The minimum atomic E-state index is 0.288. The van der Waals surface area contributed by atoms with Crippen molar-refractivity contribution in [2.45, 2.75) is 25.4 Å². The summed E-state index contributed by atoms with van der Waals surface area (Å²) in [5, 5.41) is 3.99. The number of rotatable bonds is 5. The monoisotopic (exact) mass is 303 g/mol. The van der Waals surface area contributed by atoms with Crippen molar-refractivity contribution in [3.63, 3.8) is 0 Å². The molecule has 1 aromatic heterocycles. The number of benzene rings is 1. The lowest BCUT2D eigenvalue weighted by Crippen LogP contribution is -2.19. The molecule has 0 saturated carbocycles. The molecule has 1 N–H and O–H groups in total. The molecule has 21 heavy (non-hydrogen) atoms. The summed E-state index contributed by atoms with van der Waals surface area (Å²) in [6, 6.07) is 7.83. The number of anilines is 1. The van der Waals surface area contributed by atoms with Gasteiger partial charge in [-0.2, -0.15) is 0 Å². The second-order valence-corrected chi connectivity index (χ2v) is 5.61. The zero-order valence-electron chi connectivity index (χ0n) is 11.8. The number of ether oxygens (including phenoxy) is 1. The van der Waals surface area contributed by atoms with Crippen LogP contribution in [0.4, 0.5) is 5.95 Å². The minimum Gasteiger partial charge on any atom is -0.376 e. The molecule has 0 spiro atoms. The number of nitrogens with zero attached hydrogens (tertiary/aromatic N) is 2. The van der Waals surface area contributed by atoms with E-state index in [1.165, 1.54) is 0 Å². The van der Waals surface area contributed by atoms with Crippen LogP contribution in [0.1, 0.15) is 24.0 Å². The first-order valence-corrected chi connectivity index (χ1v) is 7.59. The van der Waals surface area contributed by atoms with Crippen molar-refractivity contribution in [1.29, 1.82) is 0 Å². The van der Waals surface area contributed by atoms with Gasteiger partial charge in [0.2, 0.25) is 5.95 Å². The van der Waals surface area contributed by atoms with Crippen LogP contribution >= 0.6 is 11.6 Å². The number of hydrogen-bond acceptors (Lipinski definition) is 4. The number of hydrogen-bond donors (Lipinski definition) is 1. The molecule has 0 bridgehead atoms. The fourth-order valence-electron chi connectivity index (χ4n) is 2.41. The van der Waals surface area contributed by atoms with Gasteiger partial charge in [0, 0.05) is 37.0 Å². The SMILES string of the molecule is Clc1ccccc1Cc1cnc(NCC2CCCO2)nc1. The van der Waals surface area contributed by atoms with Crippen LogP contribution in [0.2, 0.25) is 5.02 Å². The molecule has 1 fully saturated rings. The Morgan fingerprint density at radius 1 is 1.24 bits per heavy atom. The highest BCUT2D eigenvalue weighted by Gasteiger charge is 2.15. The largest absolute Gasteiger partial charge is 0.376 e. The molecule has 0 aliphatic carbocycles. The standard InChI is InChI=1S/C16H18ClN3O/c17-15-6-2-1-4-13(15)8-12-9-18-16(19-10-12)20-11-14-5-3-7-21-14/h1-2,4,6,9-10,14H,3,5,7-8,11H2,(H,18,19,20). The average molecular weight is 304 g/mol. The summed E-state index contributed by atoms with van der Waals surface area (Å²) in [5.74, 6) is 0.647. The average Bonchev–Trinajstić information content (AvgIpc) is 3.02. The first-order chi connectivity index (χ1) is 10.3. The molecule has 1 aliphatic heterocycles. The number of aromatic nitrogens is 2. The first-order valence-electron chi connectivity index (χ1n) is 7.21. The molecule has 1 aliphatic rings. The van der Waals surface area contributed by atoms with Crippen LogP contribution in [-0.2, 0) is 11.2 Å². The van der Waals surface area contributed by atoms with Gasteiger partial charge in [-0.05, 0) is 30.0 Å². The predicted molar refractivity (Wildman–Crippen MR) is 83.8 cm³/mol. The highest BCUT2D eigenvalue weighted by Crippen LogP contribution is 2.18. The Labute approximate surface area is 129 Å². The van der Waals surface area contributed by atoms with Gasteiger partial charge in [-0.15, -0.1) is 0 Å². The Morgan fingerprint density at radius 3 is 2.76 bits per heavy atom. The Bertz CT molecular complexity index is 582. The van der Waals surface area contributed by atoms with Crippen LogP contribution in [0.3, 0.4) is 0 Å². The molecular weight excluding hydrogens is 286 g/mol. The molecule has 1 unspecified atom stereocenters. The summed E-state index contributed by atoms with van der Waals surface area (Å²) >= 11 is 6.16. The molecule has 2 heterocycles. The highest BCUT2D eigenvalue weighted by molar-refractivity contribution is 6.31. The summed E-state index contributed by atoms with van der Waals surface area (Å²) < 4.78 is 5.56. The van der Waals surface area contributed by atoms with Crippen LogP contribution in [-0.4, -0.2) is 29.2 Å². The molecule has 1 aromatic carbocycles. The molecular formula is C16H18ClN3O. The quantitative estimate of drug-likeness (QED) is 0.920. The number of halogens is 1. The topological polar surface area (TPSA) is 47.0 Å². The summed E-state index contributed by atoms with van der Waals surface area (Å²) in [6.45, 7) is 1.63. The third-order valence-electron chi connectivity index (χ3n) is 3.57. The van der Waals surface area contributed by atoms with Crippen molar-refractivity contribution in [2.24, 2.45) is 0 Å². The highest BCUT2D eigenvalue weighted by atomic mass is 35.5. The van der Waals surface area contributed by atoms with Crippen LogP contribution in [0.5, 0.6) is 0 Å². The fraction of sp³-hybridized carbons (Fsp3) is 0.375. The van der Waals surface area contributed by atoms with E-state index in [-0.39, 0.29) is 6.10 Å². The molecule has 0 radical (unpaired) electrons. The van der Waals surface area contributed by atoms with E-state index in [1.807, 2.05) is 36.7 Å². The zero-order chi connectivity index (χ0) is 14.5. The van der Waals surface area contributed by atoms with Crippen LogP contribution in [0, 0.1) is 0 Å². The minimum absolute atomic E-state index is 0.288. The Hall–Kier alpha value is -1.65. The summed E-state index contributed by atoms with van der Waals surface area (Å²) in [5.41, 5.74) is 2.13. The molecule has 2 aromatic rings. The van der Waals surface area contributed by atoms with E-state index in [9.17, 15) is 0 Å². The fourth-order valence-corrected chi connectivity index (χ4v) is 2.61. The third kappa shape index (κ3) is 3.93. The van der Waals surface area contributed by atoms with Gasteiger partial charge in [0.15, 0.2) is 0 Å². The van der Waals surface area contributed by atoms with Gasteiger partial charge in [-0.1, -0.05) is 29.8 Å². The Morgan fingerprint density at radius 2 is 2.05 bits per heavy atom. The smallest absolute Gasteiger partial charge is 0.222 e. The van der Waals surface area contributed by atoms with Gasteiger partial charge in [-0.3, -0.25) is 0 Å². The lowest BCUT2D eigenvalue weighted by Gasteiger charge is -2.10. The van der Waals surface area contributed by atoms with Crippen LogP contribution in [0.15, 0.2) is 36.7 Å². The van der Waals surface area contributed by atoms with Gasteiger partial charge in [0.1, 0.15) is 0 Å². The Kier molecular flexibility index (Phi) is 4.68. The van der Waals surface area contributed by atoms with E-state index in [0.717, 1.165) is 48.6 Å².